The molecule has 0 fully saturated rings. The zero-order chi connectivity index (χ0) is 10.6. The third kappa shape index (κ3) is 2.03. The fraction of sp³-hybridized carbons (Fsp3) is 0.300. The minimum atomic E-state index is -0.824. The van der Waals surface area contributed by atoms with Gasteiger partial charge in [0.1, 0.15) is 0 Å². The molecule has 0 bridgehead atoms. The summed E-state index contributed by atoms with van der Waals surface area (Å²) in [6.07, 6.45) is 0.550. The van der Waals surface area contributed by atoms with Crippen molar-refractivity contribution in [3.63, 3.8) is 0 Å². The number of nitrogens with two attached hydrogens (primary N) is 1. The second-order valence-corrected chi connectivity index (χ2v) is 3.03. The molecular formula is C10H14N2O2. The van der Waals surface area contributed by atoms with Crippen molar-refractivity contribution in [3.8, 4) is 0 Å². The van der Waals surface area contributed by atoms with Crippen LogP contribution >= 0.6 is 0 Å². The van der Waals surface area contributed by atoms with E-state index in [4.69, 9.17) is 10.9 Å². The molecule has 0 amide bonds. The predicted octanol–water partition coefficient (Wildman–Crippen LogP) is 1.55. The van der Waals surface area contributed by atoms with Gasteiger partial charge in [-0.1, -0.05) is 25.1 Å². The van der Waals surface area contributed by atoms with Gasteiger partial charge < -0.3 is 10.5 Å². The van der Waals surface area contributed by atoms with E-state index in [9.17, 15) is 4.79 Å². The molecule has 1 atom stereocenters. The van der Waals surface area contributed by atoms with Crippen LogP contribution in [0.1, 0.15) is 24.8 Å². The molecule has 0 saturated carbocycles. The first-order valence-electron chi connectivity index (χ1n) is 4.49. The summed E-state index contributed by atoms with van der Waals surface area (Å²) in [5.41, 5.74) is 3.90. The number of carboxylic acids is 1. The number of hydrazine groups is 1. The fourth-order valence-corrected chi connectivity index (χ4v) is 1.46. The Bertz CT molecular complexity index is 326. The van der Waals surface area contributed by atoms with Crippen molar-refractivity contribution < 1.29 is 9.90 Å². The molecule has 0 radical (unpaired) electrons. The Labute approximate surface area is 82.7 Å². The van der Waals surface area contributed by atoms with Gasteiger partial charge in [-0.15, -0.1) is 0 Å². The van der Waals surface area contributed by atoms with Crippen LogP contribution in [-0.4, -0.2) is 11.1 Å². The molecule has 1 rings (SSSR count). The SMILES string of the molecule is CCC(C(=O)O)c1ccccc1NN. The monoisotopic (exact) mass is 194 g/mol. The highest BCUT2D eigenvalue weighted by Crippen LogP contribution is 2.26. The first kappa shape index (κ1) is 10.5. The number of anilines is 1. The number of nitrogen functional groups attached to an aromatic ring is 1. The maximum atomic E-state index is 10.9. The Hall–Kier alpha value is -1.55. The van der Waals surface area contributed by atoms with Crippen LogP contribution in [0.25, 0.3) is 0 Å². The Balaban J connectivity index is 3.08. The zero-order valence-electron chi connectivity index (χ0n) is 8.03. The minimum absolute atomic E-state index is 0.498. The van der Waals surface area contributed by atoms with Gasteiger partial charge in [0.25, 0.3) is 0 Å². The minimum Gasteiger partial charge on any atom is -0.481 e. The number of carboxylic acid groups (broad SMARTS) is 1. The van der Waals surface area contributed by atoms with Gasteiger partial charge in [0.15, 0.2) is 0 Å². The first-order chi connectivity index (χ1) is 6.70. The lowest BCUT2D eigenvalue weighted by molar-refractivity contribution is -0.138. The molecule has 14 heavy (non-hydrogen) atoms. The van der Waals surface area contributed by atoms with Gasteiger partial charge in [0.05, 0.1) is 11.6 Å². The van der Waals surface area contributed by atoms with Crippen molar-refractivity contribution in [2.24, 2.45) is 5.84 Å². The molecule has 4 N–H and O–H groups in total. The van der Waals surface area contributed by atoms with E-state index in [0.717, 1.165) is 5.56 Å². The van der Waals surface area contributed by atoms with E-state index < -0.39 is 11.9 Å². The third-order valence-corrected chi connectivity index (χ3v) is 2.20. The van der Waals surface area contributed by atoms with Gasteiger partial charge in [0.2, 0.25) is 0 Å². The van der Waals surface area contributed by atoms with Crippen LogP contribution in [0.2, 0.25) is 0 Å². The molecule has 1 unspecified atom stereocenters. The zero-order valence-corrected chi connectivity index (χ0v) is 8.03. The molecule has 76 valence electrons. The Morgan fingerprint density at radius 2 is 2.21 bits per heavy atom. The summed E-state index contributed by atoms with van der Waals surface area (Å²) < 4.78 is 0. The first-order valence-corrected chi connectivity index (χ1v) is 4.49. The number of rotatable bonds is 4. The Morgan fingerprint density at radius 3 is 2.71 bits per heavy atom. The van der Waals surface area contributed by atoms with E-state index in [-0.39, 0.29) is 0 Å². The van der Waals surface area contributed by atoms with Crippen molar-refractivity contribution in [3.05, 3.63) is 29.8 Å². The molecule has 0 aliphatic rings. The lowest BCUT2D eigenvalue weighted by Gasteiger charge is -2.14. The lowest BCUT2D eigenvalue weighted by atomic mass is 9.95. The van der Waals surface area contributed by atoms with Crippen LogP contribution in [0, 0.1) is 0 Å². The lowest BCUT2D eigenvalue weighted by Crippen LogP contribution is -2.15. The van der Waals surface area contributed by atoms with Gasteiger partial charge in [0, 0.05) is 0 Å². The summed E-state index contributed by atoms with van der Waals surface area (Å²) in [4.78, 5) is 10.9. The van der Waals surface area contributed by atoms with Crippen LogP contribution < -0.4 is 11.3 Å². The van der Waals surface area contributed by atoms with Gasteiger partial charge >= 0.3 is 5.97 Å². The van der Waals surface area contributed by atoms with E-state index >= 15 is 0 Å². The van der Waals surface area contributed by atoms with Crippen molar-refractivity contribution in [2.75, 3.05) is 5.43 Å². The van der Waals surface area contributed by atoms with Gasteiger partial charge in [-0.2, -0.15) is 0 Å². The molecule has 0 aromatic heterocycles. The summed E-state index contributed by atoms with van der Waals surface area (Å²) in [6.45, 7) is 1.84. The van der Waals surface area contributed by atoms with Crippen molar-refractivity contribution in [2.45, 2.75) is 19.3 Å². The number of aliphatic carboxylic acids is 1. The number of nitrogens with one attached hydrogen (secondary N) is 1. The van der Waals surface area contributed by atoms with Crippen LogP contribution in [0.4, 0.5) is 5.69 Å². The van der Waals surface area contributed by atoms with Crippen molar-refractivity contribution in [1.82, 2.24) is 0 Å². The normalized spacial score (nSPS) is 12.1. The molecule has 1 aromatic rings. The predicted molar refractivity (Wildman–Crippen MR) is 54.9 cm³/mol. The highest BCUT2D eigenvalue weighted by atomic mass is 16.4. The summed E-state index contributed by atoms with van der Waals surface area (Å²) in [5.74, 6) is 3.98. The van der Waals surface area contributed by atoms with Crippen molar-refractivity contribution >= 4 is 11.7 Å². The number of para-hydroxylation sites is 1. The summed E-state index contributed by atoms with van der Waals surface area (Å²) >= 11 is 0. The molecule has 0 aliphatic heterocycles. The molecular weight excluding hydrogens is 180 g/mol. The van der Waals surface area contributed by atoms with Crippen molar-refractivity contribution in [1.29, 1.82) is 0 Å². The Kier molecular flexibility index (Phi) is 3.48. The number of hydrogen-bond donors (Lipinski definition) is 3. The maximum absolute atomic E-state index is 10.9. The van der Waals surface area contributed by atoms with Gasteiger partial charge in [-0.3, -0.25) is 10.6 Å². The molecule has 0 aliphatic carbocycles. The average Bonchev–Trinajstić information content (AvgIpc) is 2.19. The number of benzene rings is 1. The summed E-state index contributed by atoms with van der Waals surface area (Å²) in [5, 5.41) is 8.98. The van der Waals surface area contributed by atoms with E-state index in [1.807, 2.05) is 19.1 Å². The van der Waals surface area contributed by atoms with E-state index in [0.29, 0.717) is 12.1 Å². The molecule has 0 spiro atoms. The van der Waals surface area contributed by atoms with E-state index in [1.165, 1.54) is 0 Å². The topological polar surface area (TPSA) is 75.3 Å². The molecule has 4 heteroatoms. The quantitative estimate of drug-likeness (QED) is 0.502. The largest absolute Gasteiger partial charge is 0.481 e. The molecule has 0 heterocycles. The third-order valence-electron chi connectivity index (χ3n) is 2.20. The summed E-state index contributed by atoms with van der Waals surface area (Å²) in [6, 6.07) is 7.16. The Morgan fingerprint density at radius 1 is 1.57 bits per heavy atom. The molecule has 0 saturated heterocycles. The second kappa shape index (κ2) is 4.62. The van der Waals surface area contributed by atoms with Crippen LogP contribution in [0.5, 0.6) is 0 Å². The fourth-order valence-electron chi connectivity index (χ4n) is 1.46. The second-order valence-electron chi connectivity index (χ2n) is 3.03. The number of hydrogen-bond acceptors (Lipinski definition) is 3. The van der Waals surface area contributed by atoms with Gasteiger partial charge in [-0.25, -0.2) is 0 Å². The standard InChI is InChI=1S/C10H14N2O2/c1-2-7(10(13)14)8-5-3-4-6-9(8)12-11/h3-7,12H,2,11H2,1H3,(H,13,14). The summed E-state index contributed by atoms with van der Waals surface area (Å²) in [7, 11) is 0. The molecule has 1 aromatic carbocycles. The molecule has 4 nitrogen and oxygen atoms in total. The van der Waals surface area contributed by atoms with E-state index in [1.54, 1.807) is 12.1 Å². The highest BCUT2D eigenvalue weighted by molar-refractivity contribution is 5.78. The highest BCUT2D eigenvalue weighted by Gasteiger charge is 2.19. The smallest absolute Gasteiger partial charge is 0.311 e. The van der Waals surface area contributed by atoms with E-state index in [2.05, 4.69) is 5.43 Å². The van der Waals surface area contributed by atoms with Crippen LogP contribution in [-0.2, 0) is 4.79 Å². The maximum Gasteiger partial charge on any atom is 0.311 e. The average molecular weight is 194 g/mol. The van der Waals surface area contributed by atoms with Crippen LogP contribution in [0.3, 0.4) is 0 Å². The van der Waals surface area contributed by atoms with Gasteiger partial charge in [-0.05, 0) is 18.1 Å². The van der Waals surface area contributed by atoms with Crippen LogP contribution in [0.15, 0.2) is 24.3 Å². The number of carbonyl (C=O) groups is 1.